The molecular weight excluding hydrogens is 363 g/mol. The first-order chi connectivity index (χ1) is 12.8. The van der Waals surface area contributed by atoms with Gasteiger partial charge in [0.15, 0.2) is 0 Å². The van der Waals surface area contributed by atoms with Gasteiger partial charge >= 0.3 is 6.18 Å². The number of rotatable bonds is 3. The van der Waals surface area contributed by atoms with Gasteiger partial charge in [-0.25, -0.2) is 0 Å². The monoisotopic (exact) mass is 381 g/mol. The number of amides is 2. The second kappa shape index (κ2) is 7.42. The van der Waals surface area contributed by atoms with Crippen LogP contribution in [-0.4, -0.2) is 41.0 Å². The minimum atomic E-state index is -4.43. The molecule has 2 aromatic rings. The molecule has 1 aliphatic rings. The molecule has 0 atom stereocenters. The van der Waals surface area contributed by atoms with Crippen LogP contribution in [0.5, 0.6) is 0 Å². The summed E-state index contributed by atoms with van der Waals surface area (Å²) in [6.07, 6.45) is -1.96. The van der Waals surface area contributed by atoms with E-state index >= 15 is 0 Å². The van der Waals surface area contributed by atoms with Gasteiger partial charge in [-0.15, -0.1) is 0 Å². The van der Waals surface area contributed by atoms with Crippen molar-refractivity contribution in [1.29, 1.82) is 0 Å². The Morgan fingerprint density at radius 3 is 2.33 bits per heavy atom. The Labute approximate surface area is 153 Å². The molecule has 1 fully saturated rings. The van der Waals surface area contributed by atoms with E-state index in [1.165, 1.54) is 18.3 Å². The van der Waals surface area contributed by atoms with Crippen LogP contribution in [0.25, 0.3) is 0 Å². The fourth-order valence-corrected chi connectivity index (χ4v) is 2.99. The van der Waals surface area contributed by atoms with Crippen molar-refractivity contribution in [3.8, 4) is 0 Å². The summed E-state index contributed by atoms with van der Waals surface area (Å²) in [5.74, 6) is -0.160. The van der Waals surface area contributed by atoms with Crippen LogP contribution >= 0.6 is 0 Å². The Kier molecular flexibility index (Phi) is 5.20. The highest BCUT2D eigenvalue weighted by atomic mass is 19.4. The van der Waals surface area contributed by atoms with Gasteiger partial charge < -0.3 is 14.7 Å². The normalized spacial score (nSPS) is 15.6. The van der Waals surface area contributed by atoms with Crippen molar-refractivity contribution in [3.05, 3.63) is 52.9 Å². The number of nitrogens with one attached hydrogen (secondary N) is 1. The van der Waals surface area contributed by atoms with Crippen LogP contribution in [0.3, 0.4) is 0 Å². The minimum absolute atomic E-state index is 0.0940. The maximum Gasteiger partial charge on any atom is 0.416 e. The molecule has 0 spiro atoms. The SMILES string of the molecule is Cc1oncc1C(=O)NC1CCN(C(=O)c2ccc(C(F)(F)F)cc2)CC1. The molecule has 0 saturated carbocycles. The molecule has 1 saturated heterocycles. The topological polar surface area (TPSA) is 75.4 Å². The Bertz CT molecular complexity index is 822. The van der Waals surface area contributed by atoms with Crippen molar-refractivity contribution >= 4 is 11.8 Å². The minimum Gasteiger partial charge on any atom is -0.361 e. The average Bonchev–Trinajstić information content (AvgIpc) is 3.07. The lowest BCUT2D eigenvalue weighted by Crippen LogP contribution is -2.46. The molecule has 144 valence electrons. The molecule has 0 radical (unpaired) electrons. The molecule has 1 aromatic carbocycles. The van der Waals surface area contributed by atoms with Crippen LogP contribution < -0.4 is 5.32 Å². The summed E-state index contributed by atoms with van der Waals surface area (Å²) < 4.78 is 42.7. The lowest BCUT2D eigenvalue weighted by Gasteiger charge is -2.32. The molecule has 1 aliphatic heterocycles. The number of aromatic nitrogens is 1. The molecule has 1 N–H and O–H groups in total. The fraction of sp³-hybridized carbons (Fsp3) is 0.389. The molecular formula is C18H18F3N3O3. The Balaban J connectivity index is 1.55. The third-order valence-corrected chi connectivity index (χ3v) is 4.57. The van der Waals surface area contributed by atoms with Gasteiger partial charge in [0.2, 0.25) is 0 Å². The lowest BCUT2D eigenvalue weighted by atomic mass is 10.0. The highest BCUT2D eigenvalue weighted by molar-refractivity contribution is 5.95. The van der Waals surface area contributed by atoms with Crippen molar-refractivity contribution in [1.82, 2.24) is 15.4 Å². The summed E-state index contributed by atoms with van der Waals surface area (Å²) in [6.45, 7) is 2.47. The summed E-state index contributed by atoms with van der Waals surface area (Å²) in [6, 6.07) is 4.09. The highest BCUT2D eigenvalue weighted by Crippen LogP contribution is 2.29. The first kappa shape index (κ1) is 18.9. The maximum absolute atomic E-state index is 12.6. The quantitative estimate of drug-likeness (QED) is 0.887. The fourth-order valence-electron chi connectivity index (χ4n) is 2.99. The number of alkyl halides is 3. The van der Waals surface area contributed by atoms with E-state index in [0.717, 1.165) is 12.1 Å². The van der Waals surface area contributed by atoms with Crippen LogP contribution in [0.4, 0.5) is 13.2 Å². The van der Waals surface area contributed by atoms with Crippen LogP contribution in [0.15, 0.2) is 35.0 Å². The van der Waals surface area contributed by atoms with E-state index in [1.807, 2.05) is 0 Å². The smallest absolute Gasteiger partial charge is 0.361 e. The van der Waals surface area contributed by atoms with Crippen molar-refractivity contribution < 1.29 is 27.3 Å². The van der Waals surface area contributed by atoms with Gasteiger partial charge in [0.1, 0.15) is 11.3 Å². The molecule has 27 heavy (non-hydrogen) atoms. The van der Waals surface area contributed by atoms with E-state index in [0.29, 0.717) is 37.3 Å². The summed E-state index contributed by atoms with van der Waals surface area (Å²) in [7, 11) is 0. The van der Waals surface area contributed by atoms with Crippen molar-refractivity contribution in [2.45, 2.75) is 32.0 Å². The summed E-state index contributed by atoms with van der Waals surface area (Å²) in [4.78, 5) is 26.2. The molecule has 6 nitrogen and oxygen atoms in total. The second-order valence-corrected chi connectivity index (χ2v) is 6.41. The third-order valence-electron chi connectivity index (χ3n) is 4.57. The third kappa shape index (κ3) is 4.29. The van der Waals surface area contributed by atoms with Crippen LogP contribution in [0, 0.1) is 6.92 Å². The summed E-state index contributed by atoms with van der Waals surface area (Å²) in [5.41, 5.74) is -0.201. The van der Waals surface area contributed by atoms with Crippen LogP contribution in [-0.2, 0) is 6.18 Å². The molecule has 2 heterocycles. The van der Waals surface area contributed by atoms with Crippen LogP contribution in [0.2, 0.25) is 0 Å². The molecule has 0 bridgehead atoms. The number of carbonyl (C=O) groups excluding carboxylic acids is 2. The zero-order chi connectivity index (χ0) is 19.6. The number of likely N-dealkylation sites (tertiary alicyclic amines) is 1. The average molecular weight is 381 g/mol. The Morgan fingerprint density at radius 1 is 1.19 bits per heavy atom. The summed E-state index contributed by atoms with van der Waals surface area (Å²) in [5, 5.41) is 6.45. The number of carbonyl (C=O) groups is 2. The van der Waals surface area contributed by atoms with E-state index in [1.54, 1.807) is 11.8 Å². The predicted octanol–water partition coefficient (Wildman–Crippen LogP) is 3.04. The molecule has 3 rings (SSSR count). The van der Waals surface area contributed by atoms with Crippen molar-refractivity contribution in [3.63, 3.8) is 0 Å². The number of piperidine rings is 1. The zero-order valence-electron chi connectivity index (χ0n) is 14.5. The number of hydrogen-bond acceptors (Lipinski definition) is 4. The van der Waals surface area contributed by atoms with Gasteiger partial charge in [0, 0.05) is 24.7 Å². The number of nitrogens with zero attached hydrogens (tertiary/aromatic N) is 2. The lowest BCUT2D eigenvalue weighted by molar-refractivity contribution is -0.137. The van der Waals surface area contributed by atoms with E-state index in [2.05, 4.69) is 10.5 Å². The Morgan fingerprint density at radius 2 is 1.81 bits per heavy atom. The highest BCUT2D eigenvalue weighted by Gasteiger charge is 2.31. The van der Waals surface area contributed by atoms with Gasteiger partial charge in [-0.05, 0) is 44.0 Å². The first-order valence-corrected chi connectivity index (χ1v) is 8.44. The van der Waals surface area contributed by atoms with E-state index < -0.39 is 11.7 Å². The molecule has 2 amide bonds. The number of halogens is 3. The zero-order valence-corrected chi connectivity index (χ0v) is 14.5. The number of hydrogen-bond donors (Lipinski definition) is 1. The van der Waals surface area contributed by atoms with Gasteiger partial charge in [-0.1, -0.05) is 5.16 Å². The van der Waals surface area contributed by atoms with Gasteiger partial charge in [-0.3, -0.25) is 9.59 Å². The molecule has 0 unspecified atom stereocenters. The second-order valence-electron chi connectivity index (χ2n) is 6.41. The first-order valence-electron chi connectivity index (χ1n) is 8.44. The summed E-state index contributed by atoms with van der Waals surface area (Å²) >= 11 is 0. The van der Waals surface area contributed by atoms with Gasteiger partial charge in [-0.2, -0.15) is 13.2 Å². The van der Waals surface area contributed by atoms with Gasteiger partial charge in [0.05, 0.1) is 11.8 Å². The predicted molar refractivity (Wildman–Crippen MR) is 89.1 cm³/mol. The molecule has 0 aliphatic carbocycles. The van der Waals surface area contributed by atoms with Crippen molar-refractivity contribution in [2.75, 3.05) is 13.1 Å². The number of benzene rings is 1. The Hall–Kier alpha value is -2.84. The standard InChI is InChI=1S/C18H18F3N3O3/c1-11-15(10-22-27-11)16(25)23-14-6-8-24(9-7-14)17(26)12-2-4-13(5-3-12)18(19,20)21/h2-5,10,14H,6-9H2,1H3,(H,23,25). The molecule has 9 heteroatoms. The molecule has 1 aromatic heterocycles. The number of aryl methyl sites for hydroxylation is 1. The van der Waals surface area contributed by atoms with E-state index in [4.69, 9.17) is 4.52 Å². The maximum atomic E-state index is 12.6. The largest absolute Gasteiger partial charge is 0.416 e. The van der Waals surface area contributed by atoms with Gasteiger partial charge in [0.25, 0.3) is 11.8 Å². The van der Waals surface area contributed by atoms with E-state index in [9.17, 15) is 22.8 Å². The van der Waals surface area contributed by atoms with E-state index in [-0.39, 0.29) is 23.4 Å². The van der Waals surface area contributed by atoms with Crippen LogP contribution in [0.1, 0.15) is 44.9 Å². The van der Waals surface area contributed by atoms with Crippen molar-refractivity contribution in [2.24, 2.45) is 0 Å².